The number of amides is 1. The van der Waals surface area contributed by atoms with Gasteiger partial charge in [-0.05, 0) is 18.9 Å². The van der Waals surface area contributed by atoms with Crippen LogP contribution in [0.2, 0.25) is 0 Å². The summed E-state index contributed by atoms with van der Waals surface area (Å²) < 4.78 is 0. The van der Waals surface area contributed by atoms with Crippen molar-refractivity contribution in [3.63, 3.8) is 0 Å². The van der Waals surface area contributed by atoms with E-state index in [1.807, 2.05) is 29.2 Å². The molecule has 1 saturated heterocycles. The highest BCUT2D eigenvalue weighted by Gasteiger charge is 2.19. The SMILES string of the molecule is O=C(c1cc(=O)[nH]c2ccccc12)N1CCCCCC1. The van der Waals surface area contributed by atoms with E-state index in [9.17, 15) is 9.59 Å². The van der Waals surface area contributed by atoms with Crippen LogP contribution >= 0.6 is 0 Å². The van der Waals surface area contributed by atoms with Crippen LogP contribution in [-0.4, -0.2) is 28.9 Å². The first-order valence-corrected chi connectivity index (χ1v) is 7.17. The minimum Gasteiger partial charge on any atom is -0.339 e. The van der Waals surface area contributed by atoms with E-state index >= 15 is 0 Å². The number of fused-ring (bicyclic) bond motifs is 1. The molecule has 1 N–H and O–H groups in total. The number of para-hydroxylation sites is 1. The quantitative estimate of drug-likeness (QED) is 0.865. The number of hydrogen-bond donors (Lipinski definition) is 1. The first kappa shape index (κ1) is 12.9. The number of pyridine rings is 1. The van der Waals surface area contributed by atoms with Gasteiger partial charge in [-0.3, -0.25) is 9.59 Å². The first-order valence-electron chi connectivity index (χ1n) is 7.17. The van der Waals surface area contributed by atoms with Crippen molar-refractivity contribution in [2.75, 3.05) is 13.1 Å². The zero-order valence-electron chi connectivity index (χ0n) is 11.4. The summed E-state index contributed by atoms with van der Waals surface area (Å²) in [4.78, 5) is 29.1. The minimum atomic E-state index is -0.220. The third kappa shape index (κ3) is 2.46. The van der Waals surface area contributed by atoms with Crippen molar-refractivity contribution in [1.82, 2.24) is 9.88 Å². The van der Waals surface area contributed by atoms with Crippen molar-refractivity contribution >= 4 is 16.8 Å². The summed E-state index contributed by atoms with van der Waals surface area (Å²) in [6, 6.07) is 8.89. The Hall–Kier alpha value is -2.10. The predicted molar refractivity (Wildman–Crippen MR) is 78.9 cm³/mol. The van der Waals surface area contributed by atoms with E-state index in [-0.39, 0.29) is 11.5 Å². The van der Waals surface area contributed by atoms with Crippen LogP contribution < -0.4 is 5.56 Å². The van der Waals surface area contributed by atoms with E-state index in [1.165, 1.54) is 18.9 Å². The molecule has 1 aromatic heterocycles. The molecule has 4 heteroatoms. The molecule has 2 heterocycles. The van der Waals surface area contributed by atoms with Gasteiger partial charge in [0.15, 0.2) is 0 Å². The molecule has 0 saturated carbocycles. The van der Waals surface area contributed by atoms with E-state index < -0.39 is 0 Å². The highest BCUT2D eigenvalue weighted by molar-refractivity contribution is 6.05. The largest absolute Gasteiger partial charge is 0.339 e. The highest BCUT2D eigenvalue weighted by Crippen LogP contribution is 2.18. The summed E-state index contributed by atoms with van der Waals surface area (Å²) >= 11 is 0. The van der Waals surface area contributed by atoms with Gasteiger partial charge in [0.05, 0.1) is 5.56 Å². The number of aromatic amines is 1. The summed E-state index contributed by atoms with van der Waals surface area (Å²) in [5.74, 6) is -0.0193. The fourth-order valence-corrected chi connectivity index (χ4v) is 2.83. The number of H-pyrrole nitrogens is 1. The normalized spacial score (nSPS) is 16.1. The van der Waals surface area contributed by atoms with Crippen molar-refractivity contribution < 1.29 is 4.79 Å². The van der Waals surface area contributed by atoms with Crippen molar-refractivity contribution in [3.8, 4) is 0 Å². The second-order valence-corrected chi connectivity index (χ2v) is 5.30. The van der Waals surface area contributed by atoms with Crippen LogP contribution in [0.4, 0.5) is 0 Å². The smallest absolute Gasteiger partial charge is 0.254 e. The van der Waals surface area contributed by atoms with Gasteiger partial charge < -0.3 is 9.88 Å². The first-order chi connectivity index (χ1) is 9.75. The van der Waals surface area contributed by atoms with Gasteiger partial charge in [-0.2, -0.15) is 0 Å². The van der Waals surface area contributed by atoms with E-state index in [2.05, 4.69) is 4.98 Å². The fraction of sp³-hybridized carbons (Fsp3) is 0.375. The topological polar surface area (TPSA) is 53.2 Å². The molecule has 20 heavy (non-hydrogen) atoms. The highest BCUT2D eigenvalue weighted by atomic mass is 16.2. The maximum absolute atomic E-state index is 12.7. The lowest BCUT2D eigenvalue weighted by atomic mass is 10.1. The van der Waals surface area contributed by atoms with Crippen LogP contribution in [0.5, 0.6) is 0 Å². The number of carbonyl (C=O) groups excluding carboxylic acids is 1. The Morgan fingerprint density at radius 2 is 1.75 bits per heavy atom. The molecule has 0 unspecified atom stereocenters. The molecule has 0 bridgehead atoms. The summed E-state index contributed by atoms with van der Waals surface area (Å²) in [6.45, 7) is 1.58. The summed E-state index contributed by atoms with van der Waals surface area (Å²) in [7, 11) is 0. The van der Waals surface area contributed by atoms with Gasteiger partial charge in [0.1, 0.15) is 0 Å². The van der Waals surface area contributed by atoms with Crippen LogP contribution in [0.15, 0.2) is 35.1 Å². The monoisotopic (exact) mass is 270 g/mol. The lowest BCUT2D eigenvalue weighted by molar-refractivity contribution is 0.0763. The molecule has 1 fully saturated rings. The molecule has 1 aromatic carbocycles. The number of rotatable bonds is 1. The summed E-state index contributed by atoms with van der Waals surface area (Å²) in [5.41, 5.74) is 1.02. The minimum absolute atomic E-state index is 0.0193. The Morgan fingerprint density at radius 1 is 1.05 bits per heavy atom. The molecular weight excluding hydrogens is 252 g/mol. The van der Waals surface area contributed by atoms with Gasteiger partial charge in [0, 0.05) is 30.1 Å². The van der Waals surface area contributed by atoms with E-state index in [0.29, 0.717) is 5.56 Å². The number of nitrogens with one attached hydrogen (secondary N) is 1. The molecule has 0 radical (unpaired) electrons. The maximum Gasteiger partial charge on any atom is 0.254 e. The second-order valence-electron chi connectivity index (χ2n) is 5.30. The number of benzene rings is 1. The molecule has 4 nitrogen and oxygen atoms in total. The molecule has 0 aliphatic carbocycles. The Labute approximate surface area is 117 Å². The average molecular weight is 270 g/mol. The van der Waals surface area contributed by atoms with Gasteiger partial charge in [0.25, 0.3) is 5.91 Å². The Kier molecular flexibility index (Phi) is 3.54. The van der Waals surface area contributed by atoms with Crippen LogP contribution in [-0.2, 0) is 0 Å². The molecule has 104 valence electrons. The average Bonchev–Trinajstić information content (AvgIpc) is 2.74. The third-order valence-electron chi connectivity index (χ3n) is 3.87. The number of likely N-dealkylation sites (tertiary alicyclic amines) is 1. The molecule has 2 aromatic rings. The van der Waals surface area contributed by atoms with Gasteiger partial charge in [-0.1, -0.05) is 31.0 Å². The maximum atomic E-state index is 12.7. The predicted octanol–water partition coefficient (Wildman–Crippen LogP) is 2.54. The molecule has 1 aliphatic rings. The standard InChI is InChI=1S/C16H18N2O2/c19-15-11-13(12-7-3-4-8-14(12)17-15)16(20)18-9-5-1-2-6-10-18/h3-4,7-8,11H,1-2,5-6,9-10H2,(H,17,19). The van der Waals surface area contributed by atoms with Crippen molar-refractivity contribution in [2.24, 2.45) is 0 Å². The number of aromatic nitrogens is 1. The molecule has 1 amide bonds. The van der Waals surface area contributed by atoms with E-state index in [0.717, 1.165) is 36.8 Å². The van der Waals surface area contributed by atoms with Crippen molar-refractivity contribution in [3.05, 3.63) is 46.2 Å². The Bertz CT molecular complexity index is 682. The van der Waals surface area contributed by atoms with Crippen molar-refractivity contribution in [2.45, 2.75) is 25.7 Å². The van der Waals surface area contributed by atoms with Crippen LogP contribution in [0.3, 0.4) is 0 Å². The third-order valence-corrected chi connectivity index (χ3v) is 3.87. The Balaban J connectivity index is 2.04. The van der Waals surface area contributed by atoms with Gasteiger partial charge in [-0.25, -0.2) is 0 Å². The molecular formula is C16H18N2O2. The van der Waals surface area contributed by atoms with E-state index in [1.54, 1.807) is 0 Å². The number of hydrogen-bond acceptors (Lipinski definition) is 2. The molecule has 3 rings (SSSR count). The molecule has 0 spiro atoms. The lowest BCUT2D eigenvalue weighted by Crippen LogP contribution is -2.32. The van der Waals surface area contributed by atoms with Gasteiger partial charge in [-0.15, -0.1) is 0 Å². The number of nitrogens with zero attached hydrogens (tertiary/aromatic N) is 1. The van der Waals surface area contributed by atoms with Crippen LogP contribution in [0.1, 0.15) is 36.0 Å². The molecule has 0 atom stereocenters. The number of carbonyl (C=O) groups is 1. The second kappa shape index (κ2) is 5.49. The zero-order chi connectivity index (χ0) is 13.9. The Morgan fingerprint density at radius 3 is 2.50 bits per heavy atom. The van der Waals surface area contributed by atoms with Crippen LogP contribution in [0, 0.1) is 0 Å². The van der Waals surface area contributed by atoms with Crippen LogP contribution in [0.25, 0.3) is 10.9 Å². The van der Waals surface area contributed by atoms with Gasteiger partial charge >= 0.3 is 0 Å². The molecule has 1 aliphatic heterocycles. The van der Waals surface area contributed by atoms with E-state index in [4.69, 9.17) is 0 Å². The summed E-state index contributed by atoms with van der Waals surface area (Å²) in [5, 5.41) is 0.821. The fourth-order valence-electron chi connectivity index (χ4n) is 2.83. The lowest BCUT2D eigenvalue weighted by Gasteiger charge is -2.21. The summed E-state index contributed by atoms with van der Waals surface area (Å²) in [6.07, 6.45) is 4.46. The van der Waals surface area contributed by atoms with Crippen molar-refractivity contribution in [1.29, 1.82) is 0 Å². The van der Waals surface area contributed by atoms with Gasteiger partial charge in [0.2, 0.25) is 5.56 Å². The zero-order valence-corrected chi connectivity index (χ0v) is 11.4.